The molecule has 0 spiro atoms. The molecule has 0 bridgehead atoms. The number of aromatic nitrogens is 2. The van der Waals surface area contributed by atoms with Gasteiger partial charge < -0.3 is 14.9 Å². The molecule has 2 N–H and O–H groups in total. The average Bonchev–Trinajstić information content (AvgIpc) is 2.36. The molecule has 7 heteroatoms. The first-order valence-corrected chi connectivity index (χ1v) is 6.16. The first-order valence-electron chi connectivity index (χ1n) is 6.16. The summed E-state index contributed by atoms with van der Waals surface area (Å²) in [5.41, 5.74) is 1.07. The highest BCUT2D eigenvalue weighted by Gasteiger charge is 2.26. The lowest BCUT2D eigenvalue weighted by Gasteiger charge is -2.29. The SMILES string of the molecule is CC(O)C(=O)N1CCc2c(nc(N(C)C)[nH]c2=O)C1. The van der Waals surface area contributed by atoms with Gasteiger partial charge in [-0.2, -0.15) is 0 Å². The lowest BCUT2D eigenvalue weighted by Crippen LogP contribution is -2.43. The number of fused-ring (bicyclic) bond motifs is 1. The first kappa shape index (κ1) is 13.5. The third-order valence-corrected chi connectivity index (χ3v) is 3.15. The number of nitrogens with one attached hydrogen (secondary N) is 1. The Morgan fingerprint density at radius 1 is 1.53 bits per heavy atom. The summed E-state index contributed by atoms with van der Waals surface area (Å²) in [6.07, 6.45) is -0.569. The van der Waals surface area contributed by atoms with Crippen LogP contribution in [0, 0.1) is 0 Å². The maximum atomic E-state index is 11.9. The van der Waals surface area contributed by atoms with Gasteiger partial charge in [0.2, 0.25) is 5.95 Å². The fraction of sp³-hybridized carbons (Fsp3) is 0.583. The minimum absolute atomic E-state index is 0.155. The molecular formula is C12H18N4O3. The van der Waals surface area contributed by atoms with Gasteiger partial charge in [-0.1, -0.05) is 0 Å². The maximum absolute atomic E-state index is 11.9. The fourth-order valence-electron chi connectivity index (χ4n) is 2.09. The molecule has 1 amide bonds. The monoisotopic (exact) mass is 266 g/mol. The van der Waals surface area contributed by atoms with Crippen molar-refractivity contribution >= 4 is 11.9 Å². The van der Waals surface area contributed by atoms with Gasteiger partial charge in [-0.25, -0.2) is 4.98 Å². The van der Waals surface area contributed by atoms with Crippen LogP contribution in [0.4, 0.5) is 5.95 Å². The molecular weight excluding hydrogens is 248 g/mol. The number of aliphatic hydroxyl groups excluding tert-OH is 1. The van der Waals surface area contributed by atoms with Gasteiger partial charge in [-0.15, -0.1) is 0 Å². The van der Waals surface area contributed by atoms with E-state index in [2.05, 4.69) is 9.97 Å². The van der Waals surface area contributed by atoms with Crippen LogP contribution in [0.15, 0.2) is 4.79 Å². The molecule has 0 fully saturated rings. The number of anilines is 1. The zero-order valence-electron chi connectivity index (χ0n) is 11.3. The van der Waals surface area contributed by atoms with Gasteiger partial charge in [0.25, 0.3) is 11.5 Å². The van der Waals surface area contributed by atoms with Crippen molar-refractivity contribution in [2.24, 2.45) is 0 Å². The van der Waals surface area contributed by atoms with E-state index in [9.17, 15) is 14.7 Å². The van der Waals surface area contributed by atoms with Crippen molar-refractivity contribution in [3.8, 4) is 0 Å². The predicted molar refractivity (Wildman–Crippen MR) is 70.0 cm³/mol. The highest BCUT2D eigenvalue weighted by Crippen LogP contribution is 2.16. The molecule has 1 aliphatic rings. The molecule has 0 radical (unpaired) electrons. The van der Waals surface area contributed by atoms with Crippen LogP contribution in [0.25, 0.3) is 0 Å². The van der Waals surface area contributed by atoms with Crippen LogP contribution in [-0.4, -0.2) is 52.6 Å². The summed E-state index contributed by atoms with van der Waals surface area (Å²) in [6, 6.07) is 0. The Balaban J connectivity index is 2.34. The van der Waals surface area contributed by atoms with E-state index in [0.717, 1.165) is 0 Å². The standard InChI is InChI=1S/C12H18N4O3/c1-7(17)11(19)16-5-4-8-9(6-16)13-12(15(2)3)14-10(8)18/h7,17H,4-6H2,1-3H3,(H,13,14,18). The number of hydrogen-bond donors (Lipinski definition) is 2. The van der Waals surface area contributed by atoms with Crippen molar-refractivity contribution in [3.63, 3.8) is 0 Å². The summed E-state index contributed by atoms with van der Waals surface area (Å²) in [5, 5.41) is 9.33. The van der Waals surface area contributed by atoms with E-state index < -0.39 is 6.10 Å². The van der Waals surface area contributed by atoms with Gasteiger partial charge in [-0.05, 0) is 13.3 Å². The second kappa shape index (κ2) is 5.00. The van der Waals surface area contributed by atoms with Crippen LogP contribution in [0.3, 0.4) is 0 Å². The third kappa shape index (κ3) is 2.60. The predicted octanol–water partition coefficient (Wildman–Crippen LogP) is -0.899. The Morgan fingerprint density at radius 2 is 2.21 bits per heavy atom. The average molecular weight is 266 g/mol. The molecule has 0 saturated heterocycles. The number of carbonyl (C=O) groups excluding carboxylic acids is 1. The largest absolute Gasteiger partial charge is 0.384 e. The molecule has 104 valence electrons. The number of hydrogen-bond acceptors (Lipinski definition) is 5. The van der Waals surface area contributed by atoms with Crippen LogP contribution in [0.5, 0.6) is 0 Å². The number of aliphatic hydroxyl groups is 1. The Morgan fingerprint density at radius 3 is 2.79 bits per heavy atom. The van der Waals surface area contributed by atoms with Crippen molar-refractivity contribution in [3.05, 3.63) is 21.6 Å². The van der Waals surface area contributed by atoms with Crippen LogP contribution < -0.4 is 10.5 Å². The molecule has 7 nitrogen and oxygen atoms in total. The molecule has 0 saturated carbocycles. The second-order valence-electron chi connectivity index (χ2n) is 4.89. The van der Waals surface area contributed by atoms with Crippen molar-refractivity contribution < 1.29 is 9.90 Å². The molecule has 2 rings (SSSR count). The molecule has 2 heterocycles. The highest BCUT2D eigenvalue weighted by molar-refractivity contribution is 5.80. The number of nitrogens with zero attached hydrogens (tertiary/aromatic N) is 3. The molecule has 1 unspecified atom stereocenters. The molecule has 1 aromatic rings. The Labute approximate surface area is 110 Å². The van der Waals surface area contributed by atoms with Crippen LogP contribution in [-0.2, 0) is 17.8 Å². The summed E-state index contributed by atoms with van der Waals surface area (Å²) in [4.78, 5) is 34.0. The Kier molecular flexibility index (Phi) is 3.57. The van der Waals surface area contributed by atoms with E-state index in [1.54, 1.807) is 19.0 Å². The van der Waals surface area contributed by atoms with Gasteiger partial charge >= 0.3 is 0 Å². The zero-order valence-corrected chi connectivity index (χ0v) is 11.3. The van der Waals surface area contributed by atoms with Crippen molar-refractivity contribution in [1.82, 2.24) is 14.9 Å². The van der Waals surface area contributed by atoms with Gasteiger partial charge in [0.05, 0.1) is 12.2 Å². The molecule has 19 heavy (non-hydrogen) atoms. The lowest BCUT2D eigenvalue weighted by atomic mass is 10.1. The second-order valence-corrected chi connectivity index (χ2v) is 4.89. The topological polar surface area (TPSA) is 89.5 Å². The zero-order chi connectivity index (χ0) is 14.2. The molecule has 1 aliphatic heterocycles. The number of amides is 1. The minimum Gasteiger partial charge on any atom is -0.384 e. The summed E-state index contributed by atoms with van der Waals surface area (Å²) in [6.45, 7) is 2.14. The molecule has 0 aromatic carbocycles. The highest BCUT2D eigenvalue weighted by atomic mass is 16.3. The quantitative estimate of drug-likeness (QED) is 0.724. The van der Waals surface area contributed by atoms with E-state index >= 15 is 0 Å². The van der Waals surface area contributed by atoms with E-state index in [4.69, 9.17) is 0 Å². The van der Waals surface area contributed by atoms with Gasteiger partial charge in [0.1, 0.15) is 6.10 Å². The number of carbonyl (C=O) groups is 1. The van der Waals surface area contributed by atoms with Crippen molar-refractivity contribution in [2.75, 3.05) is 25.5 Å². The van der Waals surface area contributed by atoms with Crippen molar-refractivity contribution in [2.45, 2.75) is 26.0 Å². The number of aromatic amines is 1. The van der Waals surface area contributed by atoms with Crippen molar-refractivity contribution in [1.29, 1.82) is 0 Å². The lowest BCUT2D eigenvalue weighted by molar-refractivity contribution is -0.140. The number of H-pyrrole nitrogens is 1. The molecule has 0 aliphatic carbocycles. The van der Waals surface area contributed by atoms with E-state index in [-0.39, 0.29) is 18.0 Å². The normalized spacial score (nSPS) is 15.9. The smallest absolute Gasteiger partial charge is 0.255 e. The van der Waals surface area contributed by atoms with E-state index in [1.165, 1.54) is 11.8 Å². The summed E-state index contributed by atoms with van der Waals surface area (Å²) in [5.74, 6) is 0.134. The van der Waals surface area contributed by atoms with Gasteiger partial charge in [0.15, 0.2) is 0 Å². The maximum Gasteiger partial charge on any atom is 0.255 e. The summed E-state index contributed by atoms with van der Waals surface area (Å²) < 4.78 is 0. The Bertz CT molecular complexity index is 550. The summed E-state index contributed by atoms with van der Waals surface area (Å²) in [7, 11) is 3.57. The van der Waals surface area contributed by atoms with E-state index in [1.807, 2.05) is 0 Å². The van der Waals surface area contributed by atoms with Gasteiger partial charge in [0, 0.05) is 26.2 Å². The van der Waals surface area contributed by atoms with Crippen LogP contribution >= 0.6 is 0 Å². The molecule has 1 aromatic heterocycles. The third-order valence-electron chi connectivity index (χ3n) is 3.15. The minimum atomic E-state index is -1.03. The van der Waals surface area contributed by atoms with E-state index in [0.29, 0.717) is 30.2 Å². The molecule has 1 atom stereocenters. The summed E-state index contributed by atoms with van der Waals surface area (Å²) >= 11 is 0. The fourth-order valence-corrected chi connectivity index (χ4v) is 2.09. The van der Waals surface area contributed by atoms with Gasteiger partial charge in [-0.3, -0.25) is 14.6 Å². The van der Waals surface area contributed by atoms with Crippen LogP contribution in [0.2, 0.25) is 0 Å². The number of rotatable bonds is 2. The first-order chi connectivity index (χ1) is 8.90. The van der Waals surface area contributed by atoms with Crippen LogP contribution in [0.1, 0.15) is 18.2 Å². The Hall–Kier alpha value is -1.89.